The molecule has 5 aromatic rings. The highest BCUT2D eigenvalue weighted by Crippen LogP contribution is 2.30. The number of aromatic nitrogens is 3. The van der Waals surface area contributed by atoms with Gasteiger partial charge in [0, 0.05) is 6.54 Å². The van der Waals surface area contributed by atoms with Crippen molar-refractivity contribution in [2.45, 2.75) is 13.2 Å². The second-order valence-corrected chi connectivity index (χ2v) is 10.1. The molecular formula is C35H28N4O5. The van der Waals surface area contributed by atoms with Crippen molar-refractivity contribution in [3.63, 3.8) is 0 Å². The maximum absolute atomic E-state index is 12.5. The zero-order valence-electron chi connectivity index (χ0n) is 23.9. The van der Waals surface area contributed by atoms with E-state index in [1.54, 1.807) is 66.5 Å². The SMILES string of the molecule is COc1cc(/C=C/C(=O)/C=C/c2cccc3ccccc23)ccc1OCc1cn(CCN2C(=O)C(=O)c3ccccc32)nn1. The van der Waals surface area contributed by atoms with Gasteiger partial charge in [0.25, 0.3) is 11.7 Å². The molecular weight excluding hydrogens is 556 g/mol. The van der Waals surface area contributed by atoms with E-state index in [4.69, 9.17) is 9.47 Å². The summed E-state index contributed by atoms with van der Waals surface area (Å²) in [5, 5.41) is 10.5. The van der Waals surface area contributed by atoms with Crippen LogP contribution in [0.3, 0.4) is 0 Å². The Morgan fingerprint density at radius 3 is 2.55 bits per heavy atom. The Hall–Kier alpha value is -5.83. The van der Waals surface area contributed by atoms with Crippen LogP contribution in [0, 0.1) is 0 Å². The number of methoxy groups -OCH3 is 1. The summed E-state index contributed by atoms with van der Waals surface area (Å²) >= 11 is 0. The predicted octanol–water partition coefficient (Wildman–Crippen LogP) is 5.54. The number of Topliss-reactive ketones (excluding diaryl/α,β-unsaturated/α-hetero) is 1. The normalized spacial score (nSPS) is 12.9. The molecule has 9 nitrogen and oxygen atoms in total. The van der Waals surface area contributed by atoms with Gasteiger partial charge in [-0.2, -0.15) is 0 Å². The topological polar surface area (TPSA) is 104 Å². The molecule has 1 aliphatic rings. The van der Waals surface area contributed by atoms with Gasteiger partial charge in [-0.15, -0.1) is 5.10 Å². The van der Waals surface area contributed by atoms with Gasteiger partial charge < -0.3 is 14.4 Å². The van der Waals surface area contributed by atoms with Gasteiger partial charge in [0.15, 0.2) is 17.3 Å². The monoisotopic (exact) mass is 584 g/mol. The van der Waals surface area contributed by atoms with Crippen molar-refractivity contribution < 1.29 is 23.9 Å². The summed E-state index contributed by atoms with van der Waals surface area (Å²) < 4.78 is 13.1. The smallest absolute Gasteiger partial charge is 0.299 e. The molecule has 0 atom stereocenters. The van der Waals surface area contributed by atoms with E-state index in [1.165, 1.54) is 11.0 Å². The van der Waals surface area contributed by atoms with E-state index >= 15 is 0 Å². The average Bonchev–Trinajstić information content (AvgIpc) is 3.62. The molecule has 0 N–H and O–H groups in total. The van der Waals surface area contributed by atoms with Gasteiger partial charge in [-0.25, -0.2) is 0 Å². The minimum Gasteiger partial charge on any atom is -0.493 e. The minimum atomic E-state index is -0.540. The number of allylic oxidation sites excluding steroid dienone is 2. The summed E-state index contributed by atoms with van der Waals surface area (Å²) in [7, 11) is 1.55. The molecule has 0 spiro atoms. The second-order valence-electron chi connectivity index (χ2n) is 10.1. The number of carbonyl (C=O) groups is 3. The standard InChI is InChI=1S/C35H28N4O5/c1-43-33-21-24(13-16-28(40)17-15-26-9-6-8-25-7-2-3-10-29(25)26)14-18-32(33)44-23-27-22-38(37-36-27)19-20-39-31-12-5-4-11-30(31)34(41)35(39)42/h2-18,21-22H,19-20,23H2,1H3/b16-13+,17-15+. The Bertz CT molecular complexity index is 1940. The zero-order chi connectivity index (χ0) is 30.5. The first kappa shape index (κ1) is 28.3. The third-order valence-electron chi connectivity index (χ3n) is 7.27. The van der Waals surface area contributed by atoms with Crippen LogP contribution < -0.4 is 14.4 Å². The molecule has 9 heteroatoms. The third kappa shape index (κ3) is 6.03. The number of hydrogen-bond donors (Lipinski definition) is 0. The molecule has 1 aromatic heterocycles. The largest absolute Gasteiger partial charge is 0.493 e. The number of anilines is 1. The molecule has 44 heavy (non-hydrogen) atoms. The summed E-state index contributed by atoms with van der Waals surface area (Å²) in [5.41, 5.74) is 3.38. The lowest BCUT2D eigenvalue weighted by Gasteiger charge is -2.15. The van der Waals surface area contributed by atoms with E-state index in [0.29, 0.717) is 35.0 Å². The van der Waals surface area contributed by atoms with E-state index in [-0.39, 0.29) is 18.9 Å². The van der Waals surface area contributed by atoms with E-state index < -0.39 is 11.7 Å². The van der Waals surface area contributed by atoms with Crippen LogP contribution >= 0.6 is 0 Å². The average molecular weight is 585 g/mol. The number of nitrogens with zero attached hydrogens (tertiary/aromatic N) is 4. The molecule has 0 saturated heterocycles. The maximum Gasteiger partial charge on any atom is 0.299 e. The lowest BCUT2D eigenvalue weighted by Crippen LogP contribution is -2.32. The summed E-state index contributed by atoms with van der Waals surface area (Å²) in [6.45, 7) is 0.795. The Morgan fingerprint density at radius 1 is 0.864 bits per heavy atom. The fourth-order valence-electron chi connectivity index (χ4n) is 5.05. The molecule has 6 rings (SSSR count). The summed E-state index contributed by atoms with van der Waals surface area (Å²) in [6, 6.07) is 26.4. The van der Waals surface area contributed by atoms with E-state index in [0.717, 1.165) is 21.9 Å². The first-order chi connectivity index (χ1) is 21.5. The highest BCUT2D eigenvalue weighted by Gasteiger charge is 2.35. The second kappa shape index (κ2) is 12.6. The van der Waals surface area contributed by atoms with Crippen molar-refractivity contribution in [1.82, 2.24) is 15.0 Å². The molecule has 0 radical (unpaired) electrons. The van der Waals surface area contributed by atoms with Crippen molar-refractivity contribution >= 4 is 46.1 Å². The summed E-state index contributed by atoms with van der Waals surface area (Å²) in [4.78, 5) is 38.6. The number of fused-ring (bicyclic) bond motifs is 2. The molecule has 0 saturated carbocycles. The van der Waals surface area contributed by atoms with Crippen molar-refractivity contribution in [3.05, 3.63) is 126 Å². The van der Waals surface area contributed by atoms with Gasteiger partial charge in [-0.3, -0.25) is 19.1 Å². The van der Waals surface area contributed by atoms with E-state index in [1.807, 2.05) is 54.6 Å². The Labute approximate surface area is 253 Å². The van der Waals surface area contributed by atoms with Gasteiger partial charge in [0.2, 0.25) is 0 Å². The number of hydrogen-bond acceptors (Lipinski definition) is 7. The third-order valence-corrected chi connectivity index (χ3v) is 7.27. The van der Waals surface area contributed by atoms with Crippen molar-refractivity contribution in [3.8, 4) is 11.5 Å². The van der Waals surface area contributed by atoms with Crippen molar-refractivity contribution in [1.29, 1.82) is 0 Å². The van der Waals surface area contributed by atoms with Gasteiger partial charge in [0.05, 0.1) is 31.1 Å². The van der Waals surface area contributed by atoms with Crippen molar-refractivity contribution in [2.24, 2.45) is 0 Å². The predicted molar refractivity (Wildman–Crippen MR) is 167 cm³/mol. The molecule has 1 aliphatic heterocycles. The van der Waals surface area contributed by atoms with Crippen LogP contribution in [0.2, 0.25) is 0 Å². The first-order valence-electron chi connectivity index (χ1n) is 14.0. The van der Waals surface area contributed by atoms with Crippen LogP contribution in [0.1, 0.15) is 27.2 Å². The fraction of sp³-hybridized carbons (Fsp3) is 0.114. The highest BCUT2D eigenvalue weighted by molar-refractivity contribution is 6.52. The zero-order valence-corrected chi connectivity index (χ0v) is 23.9. The van der Waals surface area contributed by atoms with Gasteiger partial charge in [-0.05, 0) is 58.3 Å². The van der Waals surface area contributed by atoms with E-state index in [2.05, 4.69) is 10.3 Å². The molecule has 2 heterocycles. The lowest BCUT2D eigenvalue weighted by molar-refractivity contribution is -0.114. The number of ether oxygens (including phenoxy) is 2. The Morgan fingerprint density at radius 2 is 1.66 bits per heavy atom. The number of benzene rings is 4. The van der Waals surface area contributed by atoms with Crippen LogP contribution in [-0.4, -0.2) is 46.1 Å². The van der Waals surface area contributed by atoms with Crippen LogP contribution in [0.15, 0.2) is 103 Å². The number of carbonyl (C=O) groups excluding carboxylic acids is 3. The summed E-state index contributed by atoms with van der Waals surface area (Å²) in [5.74, 6) is -0.149. The van der Waals surface area contributed by atoms with Crippen LogP contribution in [-0.2, 0) is 22.7 Å². The number of ketones is 2. The highest BCUT2D eigenvalue weighted by atomic mass is 16.5. The molecule has 0 aliphatic carbocycles. The lowest BCUT2D eigenvalue weighted by atomic mass is 10.0. The van der Waals surface area contributed by atoms with E-state index in [9.17, 15) is 14.4 Å². The molecule has 0 unspecified atom stereocenters. The molecule has 0 fully saturated rings. The van der Waals surface area contributed by atoms with Gasteiger partial charge in [-0.1, -0.05) is 78.0 Å². The Balaban J connectivity index is 1.04. The molecule has 4 aromatic carbocycles. The molecule has 218 valence electrons. The number of amides is 1. The molecule has 0 bridgehead atoms. The van der Waals surface area contributed by atoms with Gasteiger partial charge >= 0.3 is 0 Å². The first-order valence-corrected chi connectivity index (χ1v) is 14.0. The molecule has 1 amide bonds. The quantitative estimate of drug-likeness (QED) is 0.148. The minimum absolute atomic E-state index is 0.134. The van der Waals surface area contributed by atoms with Gasteiger partial charge in [0.1, 0.15) is 12.3 Å². The van der Waals surface area contributed by atoms with Crippen LogP contribution in [0.5, 0.6) is 11.5 Å². The Kier molecular flexibility index (Phi) is 8.09. The van der Waals surface area contributed by atoms with Crippen LogP contribution in [0.25, 0.3) is 22.9 Å². The fourth-order valence-corrected chi connectivity index (χ4v) is 5.05. The summed E-state index contributed by atoms with van der Waals surface area (Å²) in [6.07, 6.45) is 8.36. The number of rotatable bonds is 11. The van der Waals surface area contributed by atoms with Crippen molar-refractivity contribution in [2.75, 3.05) is 18.6 Å². The van der Waals surface area contributed by atoms with Crippen LogP contribution in [0.4, 0.5) is 5.69 Å². The number of para-hydroxylation sites is 1. The maximum atomic E-state index is 12.5.